The third kappa shape index (κ3) is 2.48. The monoisotopic (exact) mass is 278 g/mol. The first-order chi connectivity index (χ1) is 8.90. The Morgan fingerprint density at radius 1 is 1.32 bits per heavy atom. The van der Waals surface area contributed by atoms with Crippen molar-refractivity contribution in [1.29, 1.82) is 0 Å². The van der Waals surface area contributed by atoms with Gasteiger partial charge in [0.15, 0.2) is 5.69 Å². The van der Waals surface area contributed by atoms with Gasteiger partial charge in [-0.25, -0.2) is 9.97 Å². The molecule has 1 heterocycles. The number of nitrogen functional groups attached to an aromatic ring is 1. The first-order valence-electron chi connectivity index (χ1n) is 5.45. The van der Waals surface area contributed by atoms with Gasteiger partial charge >= 0.3 is 5.69 Å². The molecule has 0 aliphatic heterocycles. The van der Waals surface area contributed by atoms with Gasteiger partial charge < -0.3 is 5.73 Å². The molecule has 0 aliphatic carbocycles. The molecule has 6 nitrogen and oxygen atoms in total. The van der Waals surface area contributed by atoms with E-state index in [0.717, 1.165) is 5.56 Å². The van der Waals surface area contributed by atoms with Gasteiger partial charge in [-0.15, -0.1) is 0 Å². The molecule has 7 heteroatoms. The Bertz CT molecular complexity index is 673. The highest BCUT2D eigenvalue weighted by atomic mass is 35.5. The van der Waals surface area contributed by atoms with Crippen molar-refractivity contribution in [1.82, 2.24) is 9.97 Å². The number of aryl methyl sites for hydroxylation is 2. The fourth-order valence-corrected chi connectivity index (χ4v) is 1.93. The summed E-state index contributed by atoms with van der Waals surface area (Å²) in [7, 11) is 0. The number of hydrogen-bond acceptors (Lipinski definition) is 5. The van der Waals surface area contributed by atoms with Gasteiger partial charge in [-0.2, -0.15) is 0 Å². The first kappa shape index (κ1) is 13.2. The zero-order valence-corrected chi connectivity index (χ0v) is 11.1. The van der Waals surface area contributed by atoms with Crippen molar-refractivity contribution in [2.24, 2.45) is 0 Å². The summed E-state index contributed by atoms with van der Waals surface area (Å²) in [5.41, 5.74) is 7.22. The molecule has 0 saturated carbocycles. The summed E-state index contributed by atoms with van der Waals surface area (Å²) < 4.78 is 0. The van der Waals surface area contributed by atoms with E-state index in [9.17, 15) is 10.1 Å². The third-order valence-corrected chi connectivity index (χ3v) is 3.11. The fraction of sp³-hybridized carbons (Fsp3) is 0.167. The molecule has 0 fully saturated rings. The molecule has 2 aromatic rings. The smallest absolute Gasteiger partial charge is 0.316 e. The highest BCUT2D eigenvalue weighted by molar-refractivity contribution is 6.31. The molecule has 0 unspecified atom stereocenters. The standard InChI is InChI=1S/C12H11ClN4O2/c1-6-3-4-8(5-9(6)13)10-11(17(18)19)7(2)15-12(14)16-10/h3-5H,1-2H3,(H2,14,15,16). The number of hydrogen-bond donors (Lipinski definition) is 1. The molecule has 0 saturated heterocycles. The van der Waals surface area contributed by atoms with Gasteiger partial charge in [0, 0.05) is 10.6 Å². The Balaban J connectivity index is 2.73. The van der Waals surface area contributed by atoms with E-state index in [2.05, 4.69) is 9.97 Å². The van der Waals surface area contributed by atoms with Gasteiger partial charge in [-0.05, 0) is 25.5 Å². The normalized spacial score (nSPS) is 10.5. The van der Waals surface area contributed by atoms with Gasteiger partial charge in [0.05, 0.1) is 4.92 Å². The molecule has 0 atom stereocenters. The molecule has 2 rings (SSSR count). The Kier molecular flexibility index (Phi) is 3.35. The minimum absolute atomic E-state index is 0.00482. The van der Waals surface area contributed by atoms with Gasteiger partial charge in [-0.3, -0.25) is 10.1 Å². The van der Waals surface area contributed by atoms with Crippen LogP contribution in [0.5, 0.6) is 0 Å². The second-order valence-corrected chi connectivity index (χ2v) is 4.49. The van der Waals surface area contributed by atoms with Crippen molar-refractivity contribution in [2.75, 3.05) is 5.73 Å². The van der Waals surface area contributed by atoms with Crippen LogP contribution in [0.25, 0.3) is 11.3 Å². The molecule has 1 aromatic heterocycles. The predicted octanol–water partition coefficient (Wildman–Crippen LogP) is 2.90. The van der Waals surface area contributed by atoms with E-state index < -0.39 is 4.92 Å². The lowest BCUT2D eigenvalue weighted by atomic mass is 10.1. The van der Waals surface area contributed by atoms with E-state index in [1.807, 2.05) is 6.92 Å². The number of benzene rings is 1. The molecule has 0 bridgehead atoms. The molecule has 2 N–H and O–H groups in total. The summed E-state index contributed by atoms with van der Waals surface area (Å²) in [5.74, 6) is -0.00482. The van der Waals surface area contributed by atoms with Gasteiger partial charge in [0.2, 0.25) is 5.95 Å². The summed E-state index contributed by atoms with van der Waals surface area (Å²) >= 11 is 6.03. The fourth-order valence-electron chi connectivity index (χ4n) is 1.75. The highest BCUT2D eigenvalue weighted by Gasteiger charge is 2.22. The molecule has 19 heavy (non-hydrogen) atoms. The number of halogens is 1. The number of nitro groups is 1. The molecule has 0 radical (unpaired) electrons. The first-order valence-corrected chi connectivity index (χ1v) is 5.83. The molecule has 1 aromatic carbocycles. The summed E-state index contributed by atoms with van der Waals surface area (Å²) in [5, 5.41) is 11.6. The van der Waals surface area contributed by atoms with Crippen LogP contribution >= 0.6 is 11.6 Å². The van der Waals surface area contributed by atoms with Crippen LogP contribution in [0.4, 0.5) is 11.6 Å². The van der Waals surface area contributed by atoms with Crippen molar-refractivity contribution in [3.8, 4) is 11.3 Å². The molecule has 98 valence electrons. The van der Waals surface area contributed by atoms with Crippen LogP contribution in [-0.4, -0.2) is 14.9 Å². The maximum Gasteiger partial charge on any atom is 0.316 e. The maximum absolute atomic E-state index is 11.1. The average molecular weight is 279 g/mol. The maximum atomic E-state index is 11.1. The number of nitrogens with zero attached hydrogens (tertiary/aromatic N) is 3. The van der Waals surface area contributed by atoms with Crippen LogP contribution < -0.4 is 5.73 Å². The molecule has 0 aliphatic rings. The molecular formula is C12H11ClN4O2. The van der Waals surface area contributed by atoms with Gasteiger partial charge in [-0.1, -0.05) is 23.7 Å². The van der Waals surface area contributed by atoms with Gasteiger partial charge in [0.25, 0.3) is 0 Å². The zero-order chi connectivity index (χ0) is 14.2. The predicted molar refractivity (Wildman–Crippen MR) is 73.0 cm³/mol. The lowest BCUT2D eigenvalue weighted by Crippen LogP contribution is -2.04. The topological polar surface area (TPSA) is 94.9 Å². The van der Waals surface area contributed by atoms with Crippen molar-refractivity contribution in [2.45, 2.75) is 13.8 Å². The SMILES string of the molecule is Cc1ccc(-c2nc(N)nc(C)c2[N+](=O)[O-])cc1Cl. The van der Waals surface area contributed by atoms with Crippen LogP contribution in [0.15, 0.2) is 18.2 Å². The number of aromatic nitrogens is 2. The Morgan fingerprint density at radius 2 is 2.00 bits per heavy atom. The lowest BCUT2D eigenvalue weighted by molar-refractivity contribution is -0.385. The number of nitrogens with two attached hydrogens (primary N) is 1. The van der Waals surface area contributed by atoms with Crippen molar-refractivity contribution >= 4 is 23.2 Å². The van der Waals surface area contributed by atoms with E-state index in [4.69, 9.17) is 17.3 Å². The molecular weight excluding hydrogens is 268 g/mol. The van der Waals surface area contributed by atoms with E-state index in [1.165, 1.54) is 6.92 Å². The second-order valence-electron chi connectivity index (χ2n) is 4.09. The largest absolute Gasteiger partial charge is 0.368 e. The van der Waals surface area contributed by atoms with Crippen molar-refractivity contribution < 1.29 is 4.92 Å². The summed E-state index contributed by atoms with van der Waals surface area (Å²) in [4.78, 5) is 18.4. The highest BCUT2D eigenvalue weighted by Crippen LogP contribution is 2.32. The lowest BCUT2D eigenvalue weighted by Gasteiger charge is -2.07. The minimum atomic E-state index is -0.516. The zero-order valence-electron chi connectivity index (χ0n) is 10.3. The molecule has 0 amide bonds. The summed E-state index contributed by atoms with van der Waals surface area (Å²) in [6.07, 6.45) is 0. The Labute approximate surface area is 114 Å². The average Bonchev–Trinajstić information content (AvgIpc) is 2.31. The van der Waals surface area contributed by atoms with Crippen molar-refractivity contribution in [3.05, 3.63) is 44.6 Å². The van der Waals surface area contributed by atoms with E-state index in [1.54, 1.807) is 18.2 Å². The van der Waals surface area contributed by atoms with E-state index in [-0.39, 0.29) is 23.0 Å². The Hall–Kier alpha value is -2.21. The van der Waals surface area contributed by atoms with Crippen LogP contribution in [0.1, 0.15) is 11.3 Å². The van der Waals surface area contributed by atoms with Crippen LogP contribution in [0, 0.1) is 24.0 Å². The summed E-state index contributed by atoms with van der Waals surface area (Å²) in [6, 6.07) is 5.12. The summed E-state index contributed by atoms with van der Waals surface area (Å²) in [6.45, 7) is 3.37. The van der Waals surface area contributed by atoms with Crippen molar-refractivity contribution in [3.63, 3.8) is 0 Å². The quantitative estimate of drug-likeness (QED) is 0.673. The van der Waals surface area contributed by atoms with Gasteiger partial charge in [0.1, 0.15) is 5.69 Å². The Morgan fingerprint density at radius 3 is 2.58 bits per heavy atom. The van der Waals surface area contributed by atoms with Crippen LogP contribution in [-0.2, 0) is 0 Å². The van der Waals surface area contributed by atoms with Crippen LogP contribution in [0.2, 0.25) is 5.02 Å². The van der Waals surface area contributed by atoms with Crippen LogP contribution in [0.3, 0.4) is 0 Å². The van der Waals surface area contributed by atoms with E-state index in [0.29, 0.717) is 10.6 Å². The third-order valence-electron chi connectivity index (χ3n) is 2.70. The number of anilines is 1. The molecule has 0 spiro atoms. The minimum Gasteiger partial charge on any atom is -0.368 e. The second kappa shape index (κ2) is 4.81. The van der Waals surface area contributed by atoms with E-state index >= 15 is 0 Å². The number of rotatable bonds is 2.